The van der Waals surface area contributed by atoms with Gasteiger partial charge in [-0.1, -0.05) is 0 Å². The van der Waals surface area contributed by atoms with Gasteiger partial charge in [-0.2, -0.15) is 5.10 Å². The Morgan fingerprint density at radius 2 is 2.65 bits per heavy atom. The molecule has 94 valence electrons. The summed E-state index contributed by atoms with van der Waals surface area (Å²) in [5.74, 6) is 0.685. The highest BCUT2D eigenvalue weighted by atomic mass is 16.5. The smallest absolute Gasteiger partial charge is 0.229 e. The summed E-state index contributed by atoms with van der Waals surface area (Å²) >= 11 is 0. The van der Waals surface area contributed by atoms with E-state index in [0.717, 1.165) is 5.82 Å². The van der Waals surface area contributed by atoms with Crippen molar-refractivity contribution in [1.29, 1.82) is 0 Å². The highest BCUT2D eigenvalue weighted by molar-refractivity contribution is 5.83. The van der Waals surface area contributed by atoms with Gasteiger partial charge in [0.2, 0.25) is 5.91 Å². The first-order valence-corrected chi connectivity index (χ1v) is 5.59. The molecule has 2 unspecified atom stereocenters. The van der Waals surface area contributed by atoms with Gasteiger partial charge < -0.3 is 15.8 Å². The summed E-state index contributed by atoms with van der Waals surface area (Å²) in [6.07, 6.45) is 2.07. The molecule has 2 atom stereocenters. The molecule has 2 rings (SSSR count). The molecule has 0 aliphatic carbocycles. The van der Waals surface area contributed by atoms with Crippen LogP contribution < -0.4 is 11.1 Å². The van der Waals surface area contributed by atoms with Gasteiger partial charge in [-0.3, -0.25) is 9.89 Å². The number of nitrogens with one attached hydrogen (secondary N) is 2. The van der Waals surface area contributed by atoms with E-state index >= 15 is 0 Å². The number of aromatic amines is 1. The summed E-state index contributed by atoms with van der Waals surface area (Å²) in [5.41, 5.74) is 5.24. The number of ether oxygens (including phenoxy) is 1. The predicted octanol–water partition coefficient (Wildman–Crippen LogP) is -1.17. The average molecular weight is 239 g/mol. The molecule has 1 aromatic heterocycles. The molecule has 0 radical (unpaired) electrons. The second-order valence-corrected chi connectivity index (χ2v) is 4.48. The second-order valence-electron chi connectivity index (χ2n) is 4.48. The van der Waals surface area contributed by atoms with E-state index in [0.29, 0.717) is 26.2 Å². The van der Waals surface area contributed by atoms with Crippen LogP contribution in [-0.4, -0.2) is 46.9 Å². The van der Waals surface area contributed by atoms with Crippen LogP contribution in [0, 0.1) is 5.41 Å². The van der Waals surface area contributed by atoms with Crippen LogP contribution >= 0.6 is 0 Å². The normalized spacial score (nSPS) is 28.2. The van der Waals surface area contributed by atoms with E-state index in [1.165, 1.54) is 6.33 Å². The zero-order chi connectivity index (χ0) is 12.3. The standard InChI is InChI=1S/C10H17N5O2/c1-10(5-17-4-7(10)11)9(16)12-3-2-8-13-6-14-15-8/h6-7H,2-5,11H2,1H3,(H,12,16)(H,13,14,15). The van der Waals surface area contributed by atoms with E-state index in [2.05, 4.69) is 20.5 Å². The number of H-pyrrole nitrogens is 1. The molecule has 4 N–H and O–H groups in total. The van der Waals surface area contributed by atoms with E-state index in [1.54, 1.807) is 0 Å². The van der Waals surface area contributed by atoms with Crippen molar-refractivity contribution in [1.82, 2.24) is 20.5 Å². The Kier molecular flexibility index (Phi) is 3.39. The van der Waals surface area contributed by atoms with Crippen molar-refractivity contribution < 1.29 is 9.53 Å². The summed E-state index contributed by atoms with van der Waals surface area (Å²) in [6, 6.07) is -0.243. The van der Waals surface area contributed by atoms with Crippen LogP contribution in [0.3, 0.4) is 0 Å². The maximum atomic E-state index is 12.0. The number of amides is 1. The highest BCUT2D eigenvalue weighted by Gasteiger charge is 2.44. The van der Waals surface area contributed by atoms with Crippen molar-refractivity contribution in [3.63, 3.8) is 0 Å². The van der Waals surface area contributed by atoms with Gasteiger partial charge in [0, 0.05) is 19.0 Å². The first-order chi connectivity index (χ1) is 8.13. The lowest BCUT2D eigenvalue weighted by molar-refractivity contribution is -0.130. The van der Waals surface area contributed by atoms with E-state index in [4.69, 9.17) is 10.5 Å². The molecule has 0 saturated carbocycles. The first-order valence-electron chi connectivity index (χ1n) is 5.59. The number of carbonyl (C=O) groups excluding carboxylic acids is 1. The van der Waals surface area contributed by atoms with Crippen molar-refractivity contribution in [3.05, 3.63) is 12.2 Å². The summed E-state index contributed by atoms with van der Waals surface area (Å²) in [4.78, 5) is 16.0. The van der Waals surface area contributed by atoms with Crippen LogP contribution in [0.4, 0.5) is 0 Å². The first kappa shape index (κ1) is 12.0. The van der Waals surface area contributed by atoms with E-state index in [-0.39, 0.29) is 11.9 Å². The lowest BCUT2D eigenvalue weighted by Gasteiger charge is -2.25. The van der Waals surface area contributed by atoms with Crippen LogP contribution in [0.5, 0.6) is 0 Å². The van der Waals surface area contributed by atoms with Crippen molar-refractivity contribution in [2.24, 2.45) is 11.1 Å². The molecule has 1 aliphatic rings. The van der Waals surface area contributed by atoms with Crippen molar-refractivity contribution in [3.8, 4) is 0 Å². The van der Waals surface area contributed by atoms with Crippen LogP contribution in [0.15, 0.2) is 6.33 Å². The van der Waals surface area contributed by atoms with E-state index in [9.17, 15) is 4.79 Å². The summed E-state index contributed by atoms with van der Waals surface area (Å²) < 4.78 is 5.23. The van der Waals surface area contributed by atoms with Crippen molar-refractivity contribution in [2.75, 3.05) is 19.8 Å². The van der Waals surface area contributed by atoms with Gasteiger partial charge in [0.05, 0.1) is 18.6 Å². The molecule has 7 heteroatoms. The number of nitrogens with two attached hydrogens (primary N) is 1. The minimum atomic E-state index is -0.624. The molecule has 2 heterocycles. The van der Waals surface area contributed by atoms with Crippen molar-refractivity contribution in [2.45, 2.75) is 19.4 Å². The molecular formula is C10H17N5O2. The molecule has 0 spiro atoms. The van der Waals surface area contributed by atoms with Gasteiger partial charge in [-0.05, 0) is 6.92 Å². The topological polar surface area (TPSA) is 106 Å². The van der Waals surface area contributed by atoms with Crippen LogP contribution in [0.2, 0.25) is 0 Å². The van der Waals surface area contributed by atoms with Crippen molar-refractivity contribution >= 4 is 5.91 Å². The fraction of sp³-hybridized carbons (Fsp3) is 0.700. The lowest BCUT2D eigenvalue weighted by atomic mass is 9.85. The molecule has 7 nitrogen and oxygen atoms in total. The number of carbonyl (C=O) groups is 1. The average Bonchev–Trinajstić information content (AvgIpc) is 2.91. The predicted molar refractivity (Wildman–Crippen MR) is 60.0 cm³/mol. The molecule has 17 heavy (non-hydrogen) atoms. The summed E-state index contributed by atoms with van der Waals surface area (Å²) in [6.45, 7) is 3.15. The van der Waals surface area contributed by atoms with Gasteiger partial charge in [0.1, 0.15) is 12.2 Å². The maximum absolute atomic E-state index is 12.0. The van der Waals surface area contributed by atoms with Crippen LogP contribution in [0.25, 0.3) is 0 Å². The van der Waals surface area contributed by atoms with E-state index < -0.39 is 5.41 Å². The minimum absolute atomic E-state index is 0.0676. The zero-order valence-electron chi connectivity index (χ0n) is 9.77. The lowest BCUT2D eigenvalue weighted by Crippen LogP contribution is -2.50. The van der Waals surface area contributed by atoms with Crippen LogP contribution in [-0.2, 0) is 16.0 Å². The third-order valence-electron chi connectivity index (χ3n) is 3.15. The fourth-order valence-electron chi connectivity index (χ4n) is 1.77. The Balaban J connectivity index is 1.81. The monoisotopic (exact) mass is 239 g/mol. The zero-order valence-corrected chi connectivity index (χ0v) is 9.77. The molecule has 1 amide bonds. The number of hydrogen-bond acceptors (Lipinski definition) is 5. The Hall–Kier alpha value is -1.47. The second kappa shape index (κ2) is 4.80. The molecule has 1 aromatic rings. The molecule has 1 fully saturated rings. The quantitative estimate of drug-likeness (QED) is 0.613. The Labute approximate surface area is 99.1 Å². The summed E-state index contributed by atoms with van der Waals surface area (Å²) in [7, 11) is 0. The maximum Gasteiger partial charge on any atom is 0.229 e. The largest absolute Gasteiger partial charge is 0.379 e. The molecular weight excluding hydrogens is 222 g/mol. The molecule has 0 aromatic carbocycles. The highest BCUT2D eigenvalue weighted by Crippen LogP contribution is 2.26. The number of rotatable bonds is 4. The van der Waals surface area contributed by atoms with Crippen LogP contribution in [0.1, 0.15) is 12.7 Å². The molecule has 1 aliphatic heterocycles. The van der Waals surface area contributed by atoms with Gasteiger partial charge in [0.25, 0.3) is 0 Å². The Morgan fingerprint density at radius 1 is 1.82 bits per heavy atom. The van der Waals surface area contributed by atoms with Gasteiger partial charge in [-0.25, -0.2) is 4.98 Å². The number of aromatic nitrogens is 3. The number of nitrogens with zero attached hydrogens (tertiary/aromatic N) is 2. The molecule has 1 saturated heterocycles. The Morgan fingerprint density at radius 3 is 3.24 bits per heavy atom. The van der Waals surface area contributed by atoms with E-state index in [1.807, 2.05) is 6.92 Å². The third kappa shape index (κ3) is 2.45. The number of hydrogen-bond donors (Lipinski definition) is 3. The minimum Gasteiger partial charge on any atom is -0.379 e. The van der Waals surface area contributed by atoms with Gasteiger partial charge in [-0.15, -0.1) is 0 Å². The molecule has 0 bridgehead atoms. The van der Waals surface area contributed by atoms with Gasteiger partial charge >= 0.3 is 0 Å². The Bertz CT molecular complexity index is 380. The SMILES string of the molecule is CC1(C(=O)NCCc2ncn[nH]2)COCC1N. The summed E-state index contributed by atoms with van der Waals surface area (Å²) in [5, 5.41) is 9.32. The third-order valence-corrected chi connectivity index (χ3v) is 3.15. The van der Waals surface area contributed by atoms with Gasteiger partial charge in [0.15, 0.2) is 0 Å². The fourth-order valence-corrected chi connectivity index (χ4v) is 1.77.